The van der Waals surface area contributed by atoms with Crippen molar-refractivity contribution >= 4 is 5.91 Å². The molecule has 0 aliphatic carbocycles. The van der Waals surface area contributed by atoms with Gasteiger partial charge in [-0.1, -0.05) is 44.0 Å². The summed E-state index contributed by atoms with van der Waals surface area (Å²) in [5.74, 6) is 0.131. The van der Waals surface area contributed by atoms with Crippen molar-refractivity contribution in [2.24, 2.45) is 0 Å². The third-order valence-corrected chi connectivity index (χ3v) is 3.48. The molecule has 1 aromatic carbocycles. The molecule has 0 saturated heterocycles. The molecule has 0 radical (unpaired) electrons. The lowest BCUT2D eigenvalue weighted by Gasteiger charge is -2.06. The quantitative estimate of drug-likeness (QED) is 0.646. The predicted octanol–water partition coefficient (Wildman–Crippen LogP) is 2.85. The topological polar surface area (TPSA) is 49.3 Å². The first-order valence-electron chi connectivity index (χ1n) is 7.71. The summed E-state index contributed by atoms with van der Waals surface area (Å²) in [4.78, 5) is 11.7. The van der Waals surface area contributed by atoms with Crippen LogP contribution in [0.1, 0.15) is 50.2 Å². The Hall–Kier alpha value is -1.35. The standard InChI is InChI=1S/C17H27NO2/c1-2-15-7-9-16(10-8-15)11-12-17(20)18-13-5-3-4-6-14-19/h7-10,19H,2-6,11-14H2,1H3,(H,18,20). The van der Waals surface area contributed by atoms with E-state index in [4.69, 9.17) is 5.11 Å². The zero-order chi connectivity index (χ0) is 14.6. The van der Waals surface area contributed by atoms with E-state index in [1.807, 2.05) is 0 Å². The van der Waals surface area contributed by atoms with Gasteiger partial charge in [0.2, 0.25) is 5.91 Å². The van der Waals surface area contributed by atoms with Crippen LogP contribution in [0.15, 0.2) is 24.3 Å². The van der Waals surface area contributed by atoms with Gasteiger partial charge in [-0.25, -0.2) is 0 Å². The Labute approximate surface area is 122 Å². The molecule has 3 nitrogen and oxygen atoms in total. The number of aliphatic hydroxyl groups excluding tert-OH is 1. The number of hydrogen-bond donors (Lipinski definition) is 2. The first-order valence-corrected chi connectivity index (χ1v) is 7.71. The molecule has 20 heavy (non-hydrogen) atoms. The minimum atomic E-state index is 0.131. The second kappa shape index (κ2) is 10.4. The SMILES string of the molecule is CCc1ccc(CCC(=O)NCCCCCCO)cc1. The molecule has 0 heterocycles. The highest BCUT2D eigenvalue weighted by Gasteiger charge is 2.01. The highest BCUT2D eigenvalue weighted by atomic mass is 16.2. The van der Waals surface area contributed by atoms with Gasteiger partial charge in [0.15, 0.2) is 0 Å². The molecule has 0 unspecified atom stereocenters. The lowest BCUT2D eigenvalue weighted by Crippen LogP contribution is -2.24. The van der Waals surface area contributed by atoms with Crippen molar-refractivity contribution < 1.29 is 9.90 Å². The summed E-state index contributed by atoms with van der Waals surface area (Å²) in [7, 11) is 0. The molecule has 0 aromatic heterocycles. The molecule has 2 N–H and O–H groups in total. The molecule has 1 aromatic rings. The zero-order valence-electron chi connectivity index (χ0n) is 12.5. The second-order valence-corrected chi connectivity index (χ2v) is 5.16. The molecule has 1 amide bonds. The maximum absolute atomic E-state index is 11.7. The van der Waals surface area contributed by atoms with Crippen LogP contribution in [-0.4, -0.2) is 24.2 Å². The van der Waals surface area contributed by atoms with Gasteiger partial charge < -0.3 is 10.4 Å². The van der Waals surface area contributed by atoms with E-state index in [1.165, 1.54) is 11.1 Å². The lowest BCUT2D eigenvalue weighted by molar-refractivity contribution is -0.121. The average Bonchev–Trinajstić information content (AvgIpc) is 2.49. The first kappa shape index (κ1) is 16.7. The van der Waals surface area contributed by atoms with Gasteiger partial charge in [-0.2, -0.15) is 0 Å². The van der Waals surface area contributed by atoms with Gasteiger partial charge in [0.05, 0.1) is 0 Å². The summed E-state index contributed by atoms with van der Waals surface area (Å²) in [5.41, 5.74) is 2.56. The van der Waals surface area contributed by atoms with Gasteiger partial charge in [0.1, 0.15) is 0 Å². The summed E-state index contributed by atoms with van der Waals surface area (Å²) in [6.45, 7) is 3.16. The molecule has 0 fully saturated rings. The minimum absolute atomic E-state index is 0.131. The van der Waals surface area contributed by atoms with Crippen molar-refractivity contribution in [2.45, 2.75) is 51.9 Å². The van der Waals surface area contributed by atoms with Crippen molar-refractivity contribution in [3.05, 3.63) is 35.4 Å². The van der Waals surface area contributed by atoms with Crippen LogP contribution in [-0.2, 0) is 17.6 Å². The van der Waals surface area contributed by atoms with Gasteiger partial charge in [-0.05, 0) is 36.8 Å². The number of unbranched alkanes of at least 4 members (excludes halogenated alkanes) is 3. The Morgan fingerprint density at radius 1 is 1.05 bits per heavy atom. The highest BCUT2D eigenvalue weighted by molar-refractivity contribution is 5.76. The fraction of sp³-hybridized carbons (Fsp3) is 0.588. The van der Waals surface area contributed by atoms with Gasteiger partial charge in [-0.3, -0.25) is 4.79 Å². The van der Waals surface area contributed by atoms with Crippen molar-refractivity contribution in [2.75, 3.05) is 13.2 Å². The predicted molar refractivity (Wildman–Crippen MR) is 82.7 cm³/mol. The smallest absolute Gasteiger partial charge is 0.220 e. The minimum Gasteiger partial charge on any atom is -0.396 e. The average molecular weight is 277 g/mol. The number of benzene rings is 1. The molecule has 0 bridgehead atoms. The summed E-state index contributed by atoms with van der Waals surface area (Å²) in [6.07, 6.45) is 6.38. The molecule has 112 valence electrons. The van der Waals surface area contributed by atoms with E-state index >= 15 is 0 Å². The normalized spacial score (nSPS) is 10.5. The maximum atomic E-state index is 11.7. The lowest BCUT2D eigenvalue weighted by atomic mass is 10.1. The van der Waals surface area contributed by atoms with Crippen molar-refractivity contribution in [1.82, 2.24) is 5.32 Å². The van der Waals surface area contributed by atoms with Crippen LogP contribution in [0, 0.1) is 0 Å². The Morgan fingerprint density at radius 3 is 2.35 bits per heavy atom. The summed E-state index contributed by atoms with van der Waals surface area (Å²) in [5, 5.41) is 11.6. The third kappa shape index (κ3) is 7.29. The number of rotatable bonds is 10. The molecule has 0 saturated carbocycles. The zero-order valence-corrected chi connectivity index (χ0v) is 12.5. The number of amides is 1. The third-order valence-electron chi connectivity index (χ3n) is 3.48. The van der Waals surface area contributed by atoms with Crippen molar-refractivity contribution in [3.8, 4) is 0 Å². The van der Waals surface area contributed by atoms with Crippen LogP contribution in [0.3, 0.4) is 0 Å². The number of carbonyl (C=O) groups excluding carboxylic acids is 1. The molecule has 0 aliphatic rings. The molecule has 0 aliphatic heterocycles. The highest BCUT2D eigenvalue weighted by Crippen LogP contribution is 2.07. The van der Waals surface area contributed by atoms with Crippen LogP contribution < -0.4 is 5.32 Å². The molecular formula is C17H27NO2. The van der Waals surface area contributed by atoms with Gasteiger partial charge in [0, 0.05) is 19.6 Å². The Bertz CT molecular complexity index is 373. The van der Waals surface area contributed by atoms with Crippen molar-refractivity contribution in [3.63, 3.8) is 0 Å². The number of hydrogen-bond acceptors (Lipinski definition) is 2. The fourth-order valence-corrected chi connectivity index (χ4v) is 2.11. The van der Waals surface area contributed by atoms with Gasteiger partial charge in [-0.15, -0.1) is 0 Å². The van der Waals surface area contributed by atoms with Gasteiger partial charge >= 0.3 is 0 Å². The largest absolute Gasteiger partial charge is 0.396 e. The number of aliphatic hydroxyl groups is 1. The van der Waals surface area contributed by atoms with Crippen molar-refractivity contribution in [1.29, 1.82) is 0 Å². The van der Waals surface area contributed by atoms with Gasteiger partial charge in [0.25, 0.3) is 0 Å². The fourth-order valence-electron chi connectivity index (χ4n) is 2.11. The Morgan fingerprint density at radius 2 is 1.70 bits per heavy atom. The van der Waals surface area contributed by atoms with E-state index in [0.717, 1.165) is 45.1 Å². The van der Waals surface area contributed by atoms with E-state index in [0.29, 0.717) is 6.42 Å². The summed E-state index contributed by atoms with van der Waals surface area (Å²) < 4.78 is 0. The van der Waals surface area contributed by atoms with E-state index in [1.54, 1.807) is 0 Å². The molecule has 0 spiro atoms. The van der Waals surface area contributed by atoms with E-state index in [2.05, 4.69) is 36.5 Å². The molecule has 3 heteroatoms. The Kier molecular flexibility index (Phi) is 8.72. The monoisotopic (exact) mass is 277 g/mol. The second-order valence-electron chi connectivity index (χ2n) is 5.16. The first-order chi connectivity index (χ1) is 9.76. The number of carbonyl (C=O) groups is 1. The van der Waals surface area contributed by atoms with E-state index in [-0.39, 0.29) is 12.5 Å². The number of nitrogens with one attached hydrogen (secondary N) is 1. The molecule has 0 atom stereocenters. The van der Waals surface area contributed by atoms with Crippen LogP contribution in [0.25, 0.3) is 0 Å². The maximum Gasteiger partial charge on any atom is 0.220 e. The molecular weight excluding hydrogens is 250 g/mol. The number of aryl methyl sites for hydroxylation is 2. The molecule has 1 rings (SSSR count). The van der Waals surface area contributed by atoms with Crippen LogP contribution in [0.5, 0.6) is 0 Å². The van der Waals surface area contributed by atoms with Crippen LogP contribution in [0.2, 0.25) is 0 Å². The van der Waals surface area contributed by atoms with E-state index in [9.17, 15) is 4.79 Å². The van der Waals surface area contributed by atoms with Crippen LogP contribution in [0.4, 0.5) is 0 Å². The van der Waals surface area contributed by atoms with E-state index < -0.39 is 0 Å². The Balaban J connectivity index is 2.10. The summed E-state index contributed by atoms with van der Waals surface area (Å²) >= 11 is 0. The summed E-state index contributed by atoms with van der Waals surface area (Å²) in [6, 6.07) is 8.49. The van der Waals surface area contributed by atoms with Crippen LogP contribution >= 0.6 is 0 Å².